The normalized spacial score (nSPS) is 20.4. The van der Waals surface area contributed by atoms with Gasteiger partial charge in [-0.3, -0.25) is 15.0 Å². The van der Waals surface area contributed by atoms with Crippen LogP contribution in [0.2, 0.25) is 0 Å². The number of hydrogen-bond acceptors (Lipinski definition) is 7. The van der Waals surface area contributed by atoms with Crippen LogP contribution < -0.4 is 5.32 Å². The minimum absolute atomic E-state index is 0.0305. The summed E-state index contributed by atoms with van der Waals surface area (Å²) < 4.78 is 5.87. The number of nitro groups is 1. The number of benzene rings is 1. The van der Waals surface area contributed by atoms with Crippen molar-refractivity contribution in [2.75, 3.05) is 31.6 Å². The van der Waals surface area contributed by atoms with E-state index < -0.39 is 4.92 Å². The van der Waals surface area contributed by atoms with Gasteiger partial charge in [0.25, 0.3) is 5.69 Å². The number of aryl methyl sites for hydroxylation is 1. The zero-order chi connectivity index (χ0) is 18.8. The largest absolute Gasteiger partial charge is 0.374 e. The fourth-order valence-corrected chi connectivity index (χ4v) is 3.40. The molecule has 1 saturated carbocycles. The van der Waals surface area contributed by atoms with E-state index in [-0.39, 0.29) is 11.8 Å². The quantitative estimate of drug-likeness (QED) is 0.618. The standard InChI is InChI=1S/C19H23N5O3/c1-13-9-18(20-11-17-12-23(7-8-27-17)15-5-6-15)22-19(21-13)14-3-2-4-16(10-14)24(25)26/h2-4,9-10,15,17H,5-8,11-12H2,1H3,(H,20,21,22). The Kier molecular flexibility index (Phi) is 5.00. The van der Waals surface area contributed by atoms with E-state index in [0.29, 0.717) is 23.8 Å². The Hall–Kier alpha value is -2.58. The Morgan fingerprint density at radius 3 is 2.96 bits per heavy atom. The van der Waals surface area contributed by atoms with E-state index in [1.54, 1.807) is 12.1 Å². The van der Waals surface area contributed by atoms with Crippen LogP contribution in [-0.4, -0.2) is 58.2 Å². The van der Waals surface area contributed by atoms with Crippen LogP contribution in [0, 0.1) is 17.0 Å². The lowest BCUT2D eigenvalue weighted by Gasteiger charge is -2.33. The Labute approximate surface area is 157 Å². The molecule has 1 aliphatic carbocycles. The molecule has 4 rings (SSSR count). The third kappa shape index (κ3) is 4.40. The molecule has 0 spiro atoms. The number of nitrogens with zero attached hydrogens (tertiary/aromatic N) is 4. The second kappa shape index (κ2) is 7.58. The summed E-state index contributed by atoms with van der Waals surface area (Å²) in [5.41, 5.74) is 1.46. The first-order valence-corrected chi connectivity index (χ1v) is 9.28. The van der Waals surface area contributed by atoms with Crippen molar-refractivity contribution in [3.8, 4) is 11.4 Å². The molecule has 1 unspecified atom stereocenters. The van der Waals surface area contributed by atoms with Crippen LogP contribution in [0.3, 0.4) is 0 Å². The Morgan fingerprint density at radius 1 is 1.33 bits per heavy atom. The number of nitro benzene ring substituents is 1. The minimum atomic E-state index is -0.412. The number of nitrogens with one attached hydrogen (secondary N) is 1. The molecule has 2 aromatic rings. The molecule has 2 fully saturated rings. The van der Waals surface area contributed by atoms with Crippen LogP contribution >= 0.6 is 0 Å². The number of hydrogen-bond donors (Lipinski definition) is 1. The lowest BCUT2D eigenvalue weighted by Crippen LogP contribution is -2.46. The van der Waals surface area contributed by atoms with E-state index in [1.165, 1.54) is 25.0 Å². The molecule has 0 amide bonds. The SMILES string of the molecule is Cc1cc(NCC2CN(C3CC3)CCO2)nc(-c2cccc([N+](=O)[O-])c2)n1. The van der Waals surface area contributed by atoms with Crippen LogP contribution in [0.15, 0.2) is 30.3 Å². The average Bonchev–Trinajstić information content (AvgIpc) is 3.52. The monoisotopic (exact) mass is 369 g/mol. The predicted octanol–water partition coefficient (Wildman–Crippen LogP) is 2.64. The molecular formula is C19H23N5O3. The van der Waals surface area contributed by atoms with E-state index in [2.05, 4.69) is 20.2 Å². The summed E-state index contributed by atoms with van der Waals surface area (Å²) in [6.45, 7) is 5.29. The van der Waals surface area contributed by atoms with Crippen LogP contribution in [0.5, 0.6) is 0 Å². The molecule has 1 aliphatic heterocycles. The van der Waals surface area contributed by atoms with Gasteiger partial charge in [0.05, 0.1) is 17.6 Å². The van der Waals surface area contributed by atoms with Gasteiger partial charge >= 0.3 is 0 Å². The van der Waals surface area contributed by atoms with E-state index >= 15 is 0 Å². The van der Waals surface area contributed by atoms with Gasteiger partial charge in [-0.05, 0) is 19.8 Å². The summed E-state index contributed by atoms with van der Waals surface area (Å²) in [6.07, 6.45) is 2.74. The smallest absolute Gasteiger partial charge is 0.270 e. The highest BCUT2D eigenvalue weighted by atomic mass is 16.6. The average molecular weight is 369 g/mol. The molecule has 1 aromatic heterocycles. The van der Waals surface area contributed by atoms with Gasteiger partial charge in [-0.15, -0.1) is 0 Å². The maximum absolute atomic E-state index is 11.0. The summed E-state index contributed by atoms with van der Waals surface area (Å²) in [7, 11) is 0. The van der Waals surface area contributed by atoms with Crippen molar-refractivity contribution >= 4 is 11.5 Å². The zero-order valence-corrected chi connectivity index (χ0v) is 15.3. The molecule has 2 heterocycles. The van der Waals surface area contributed by atoms with Crippen molar-refractivity contribution < 1.29 is 9.66 Å². The molecule has 2 aliphatic rings. The zero-order valence-electron chi connectivity index (χ0n) is 15.3. The maximum Gasteiger partial charge on any atom is 0.270 e. The molecule has 0 radical (unpaired) electrons. The van der Waals surface area contributed by atoms with E-state index in [9.17, 15) is 10.1 Å². The van der Waals surface area contributed by atoms with Crippen molar-refractivity contribution in [1.29, 1.82) is 0 Å². The van der Waals surface area contributed by atoms with Gasteiger partial charge in [-0.25, -0.2) is 9.97 Å². The summed E-state index contributed by atoms with van der Waals surface area (Å²) in [5, 5.41) is 14.4. The second-order valence-corrected chi connectivity index (χ2v) is 7.13. The van der Waals surface area contributed by atoms with Gasteiger partial charge in [0.1, 0.15) is 5.82 Å². The third-order valence-electron chi connectivity index (χ3n) is 4.91. The maximum atomic E-state index is 11.0. The van der Waals surface area contributed by atoms with Crippen molar-refractivity contribution in [3.05, 3.63) is 46.1 Å². The van der Waals surface area contributed by atoms with Crippen LogP contribution in [-0.2, 0) is 4.74 Å². The number of rotatable bonds is 6. The lowest BCUT2D eigenvalue weighted by atomic mass is 10.2. The fourth-order valence-electron chi connectivity index (χ4n) is 3.40. The molecule has 1 atom stereocenters. The summed E-state index contributed by atoms with van der Waals surface area (Å²) >= 11 is 0. The number of non-ortho nitro benzene ring substituents is 1. The topological polar surface area (TPSA) is 93.4 Å². The molecule has 1 saturated heterocycles. The van der Waals surface area contributed by atoms with Gasteiger partial charge in [-0.2, -0.15) is 0 Å². The van der Waals surface area contributed by atoms with E-state index in [1.807, 2.05) is 13.0 Å². The Bertz CT molecular complexity index is 840. The number of morpholine rings is 1. The first kappa shape index (κ1) is 17.8. The van der Waals surface area contributed by atoms with Crippen molar-refractivity contribution in [3.63, 3.8) is 0 Å². The molecule has 142 valence electrons. The lowest BCUT2D eigenvalue weighted by molar-refractivity contribution is -0.384. The van der Waals surface area contributed by atoms with Crippen molar-refractivity contribution in [1.82, 2.24) is 14.9 Å². The van der Waals surface area contributed by atoms with E-state index in [0.717, 1.165) is 31.4 Å². The number of ether oxygens (including phenoxy) is 1. The van der Waals surface area contributed by atoms with Crippen LogP contribution in [0.4, 0.5) is 11.5 Å². The summed E-state index contributed by atoms with van der Waals surface area (Å²) in [6, 6.07) is 9.01. The van der Waals surface area contributed by atoms with Gasteiger partial charge in [0.15, 0.2) is 5.82 Å². The van der Waals surface area contributed by atoms with E-state index in [4.69, 9.17) is 4.74 Å². The first-order valence-electron chi connectivity index (χ1n) is 9.28. The fraction of sp³-hybridized carbons (Fsp3) is 0.474. The molecule has 1 N–H and O–H groups in total. The Balaban J connectivity index is 1.46. The molecule has 8 nitrogen and oxygen atoms in total. The van der Waals surface area contributed by atoms with Crippen LogP contribution in [0.1, 0.15) is 18.5 Å². The molecule has 27 heavy (non-hydrogen) atoms. The minimum Gasteiger partial charge on any atom is -0.374 e. The summed E-state index contributed by atoms with van der Waals surface area (Å²) in [4.78, 5) is 22.1. The van der Waals surface area contributed by atoms with Gasteiger partial charge in [0, 0.05) is 55.1 Å². The van der Waals surface area contributed by atoms with Crippen molar-refractivity contribution in [2.45, 2.75) is 31.9 Å². The second-order valence-electron chi connectivity index (χ2n) is 7.13. The molecule has 0 bridgehead atoms. The first-order chi connectivity index (χ1) is 13.1. The van der Waals surface area contributed by atoms with Gasteiger partial charge in [0.2, 0.25) is 0 Å². The molecular weight excluding hydrogens is 346 g/mol. The predicted molar refractivity (Wildman–Crippen MR) is 102 cm³/mol. The van der Waals surface area contributed by atoms with Crippen LogP contribution in [0.25, 0.3) is 11.4 Å². The molecule has 1 aromatic carbocycles. The number of anilines is 1. The Morgan fingerprint density at radius 2 is 2.19 bits per heavy atom. The van der Waals surface area contributed by atoms with Gasteiger partial charge < -0.3 is 10.1 Å². The highest BCUT2D eigenvalue weighted by Gasteiger charge is 2.32. The highest BCUT2D eigenvalue weighted by Crippen LogP contribution is 2.28. The molecule has 8 heteroatoms. The van der Waals surface area contributed by atoms with Gasteiger partial charge in [-0.1, -0.05) is 12.1 Å². The van der Waals surface area contributed by atoms with Crippen molar-refractivity contribution in [2.24, 2.45) is 0 Å². The number of aromatic nitrogens is 2. The summed E-state index contributed by atoms with van der Waals surface area (Å²) in [5.74, 6) is 1.18. The highest BCUT2D eigenvalue weighted by molar-refractivity contribution is 5.61. The third-order valence-corrected chi connectivity index (χ3v) is 4.91.